The number of rotatable bonds is 5. The van der Waals surface area contributed by atoms with Crippen molar-refractivity contribution in [2.75, 3.05) is 20.2 Å². The van der Waals surface area contributed by atoms with E-state index in [0.717, 1.165) is 31.1 Å². The van der Waals surface area contributed by atoms with Crippen LogP contribution in [-0.4, -0.2) is 40.6 Å². The van der Waals surface area contributed by atoms with Gasteiger partial charge in [-0.3, -0.25) is 4.79 Å². The number of hydrogen-bond donors (Lipinski definition) is 0. The Bertz CT molecular complexity index is 816. The molecule has 1 aliphatic carbocycles. The fraction of sp³-hybridized carbons (Fsp3) is 0.524. The van der Waals surface area contributed by atoms with E-state index in [0.29, 0.717) is 13.1 Å². The quantitative estimate of drug-likeness (QED) is 0.802. The van der Waals surface area contributed by atoms with Crippen molar-refractivity contribution in [3.63, 3.8) is 0 Å². The van der Waals surface area contributed by atoms with E-state index in [1.165, 1.54) is 32.4 Å². The number of carbonyl (C=O) groups is 1. The summed E-state index contributed by atoms with van der Waals surface area (Å²) in [5.41, 5.74) is 0.0264. The van der Waals surface area contributed by atoms with Gasteiger partial charge in [-0.25, -0.2) is 9.37 Å². The number of piperidine rings is 1. The average molecular weight is 371 g/mol. The van der Waals surface area contributed by atoms with Crippen LogP contribution < -0.4 is 4.74 Å². The van der Waals surface area contributed by atoms with Crippen LogP contribution in [0.1, 0.15) is 54.2 Å². The fourth-order valence-corrected chi connectivity index (χ4v) is 4.20. The van der Waals surface area contributed by atoms with Crippen molar-refractivity contribution in [2.24, 2.45) is 5.92 Å². The van der Waals surface area contributed by atoms with Gasteiger partial charge in [0.2, 0.25) is 0 Å². The lowest BCUT2D eigenvalue weighted by molar-refractivity contribution is 0.0694. The number of nitrogens with zero attached hydrogens (tertiary/aromatic N) is 3. The van der Waals surface area contributed by atoms with Crippen molar-refractivity contribution in [3.8, 4) is 5.75 Å². The van der Waals surface area contributed by atoms with Crippen molar-refractivity contribution >= 4 is 5.91 Å². The topological polar surface area (TPSA) is 47.4 Å². The van der Waals surface area contributed by atoms with Crippen LogP contribution in [0.3, 0.4) is 0 Å². The highest BCUT2D eigenvalue weighted by Gasteiger charge is 2.31. The zero-order chi connectivity index (χ0) is 18.8. The number of imidazole rings is 1. The van der Waals surface area contributed by atoms with Gasteiger partial charge in [-0.1, -0.05) is 12.5 Å². The molecule has 2 fully saturated rings. The standard InChI is InChI=1S/C21H26FN3O2/c1-27-18-9-3-8-17(22)19(18)21(26)25-11-4-7-16(14-25)20-23-10-12-24(20)13-15-5-2-6-15/h3,8-10,12,15-16H,2,4-7,11,13-14H2,1H3/t16-/m0/s1. The van der Waals surface area contributed by atoms with Crippen molar-refractivity contribution in [1.82, 2.24) is 14.5 Å². The van der Waals surface area contributed by atoms with Gasteiger partial charge in [-0.15, -0.1) is 0 Å². The van der Waals surface area contributed by atoms with E-state index in [-0.39, 0.29) is 23.1 Å². The SMILES string of the molecule is COc1cccc(F)c1C(=O)N1CCC[C@H](c2nccn2CC2CCC2)C1. The normalized spacial score (nSPS) is 20.4. The van der Waals surface area contributed by atoms with Gasteiger partial charge < -0.3 is 14.2 Å². The Labute approximate surface area is 159 Å². The summed E-state index contributed by atoms with van der Waals surface area (Å²) >= 11 is 0. The minimum atomic E-state index is -0.534. The first-order chi connectivity index (χ1) is 13.2. The third-order valence-corrected chi connectivity index (χ3v) is 5.91. The van der Waals surface area contributed by atoms with Crippen molar-refractivity contribution in [1.29, 1.82) is 0 Å². The number of benzene rings is 1. The summed E-state index contributed by atoms with van der Waals surface area (Å²) in [5, 5.41) is 0. The molecule has 6 heteroatoms. The number of ether oxygens (including phenoxy) is 1. The molecule has 4 rings (SSSR count). The van der Waals surface area contributed by atoms with E-state index in [1.807, 2.05) is 12.4 Å². The maximum absolute atomic E-state index is 14.3. The highest BCUT2D eigenvalue weighted by Crippen LogP contribution is 2.32. The lowest BCUT2D eigenvalue weighted by Gasteiger charge is -2.34. The molecule has 2 heterocycles. The van der Waals surface area contributed by atoms with E-state index in [2.05, 4.69) is 9.55 Å². The van der Waals surface area contributed by atoms with Crippen LogP contribution in [0.25, 0.3) is 0 Å². The van der Waals surface area contributed by atoms with Gasteiger partial charge in [0.1, 0.15) is 23.0 Å². The summed E-state index contributed by atoms with van der Waals surface area (Å²) < 4.78 is 21.8. The summed E-state index contributed by atoms with van der Waals surface area (Å²) in [5.74, 6) is 1.45. The van der Waals surface area contributed by atoms with Gasteiger partial charge in [0.25, 0.3) is 5.91 Å². The Hall–Kier alpha value is -2.37. The van der Waals surface area contributed by atoms with Gasteiger partial charge in [-0.05, 0) is 43.7 Å². The molecule has 1 aromatic carbocycles. The van der Waals surface area contributed by atoms with Crippen LogP contribution in [0.4, 0.5) is 4.39 Å². The molecule has 0 bridgehead atoms. The first-order valence-corrected chi connectivity index (χ1v) is 9.80. The number of amides is 1. The van der Waals surface area contributed by atoms with Crippen molar-refractivity contribution in [2.45, 2.75) is 44.6 Å². The second-order valence-corrected chi connectivity index (χ2v) is 7.64. The number of hydrogen-bond acceptors (Lipinski definition) is 3. The number of aromatic nitrogens is 2. The molecule has 144 valence electrons. The summed E-state index contributed by atoms with van der Waals surface area (Å²) in [4.78, 5) is 19.4. The minimum Gasteiger partial charge on any atom is -0.496 e. The van der Waals surface area contributed by atoms with E-state index in [4.69, 9.17) is 4.74 Å². The molecule has 1 aliphatic heterocycles. The summed E-state index contributed by atoms with van der Waals surface area (Å²) in [6, 6.07) is 4.49. The molecule has 27 heavy (non-hydrogen) atoms. The first kappa shape index (κ1) is 18.0. The Kier molecular flexibility index (Phi) is 5.14. The maximum atomic E-state index is 14.3. The van der Waals surface area contributed by atoms with Gasteiger partial charge >= 0.3 is 0 Å². The first-order valence-electron chi connectivity index (χ1n) is 9.80. The van der Waals surface area contributed by atoms with Gasteiger partial charge in [0, 0.05) is 37.9 Å². The van der Waals surface area contributed by atoms with Crippen LogP contribution >= 0.6 is 0 Å². The third-order valence-electron chi connectivity index (χ3n) is 5.91. The number of methoxy groups -OCH3 is 1. The minimum absolute atomic E-state index is 0.0264. The molecule has 1 saturated heterocycles. The Balaban J connectivity index is 1.52. The van der Waals surface area contributed by atoms with Crippen LogP contribution in [0.15, 0.2) is 30.6 Å². The molecule has 1 saturated carbocycles. The molecule has 0 spiro atoms. The van der Waals surface area contributed by atoms with E-state index < -0.39 is 5.82 Å². The summed E-state index contributed by atoms with van der Waals surface area (Å²) in [7, 11) is 1.46. The number of carbonyl (C=O) groups excluding carboxylic acids is 1. The second-order valence-electron chi connectivity index (χ2n) is 7.64. The summed E-state index contributed by atoms with van der Waals surface area (Å²) in [6.07, 6.45) is 9.71. The maximum Gasteiger partial charge on any atom is 0.260 e. The monoisotopic (exact) mass is 371 g/mol. The van der Waals surface area contributed by atoms with Gasteiger partial charge in [0.05, 0.1) is 7.11 Å². The lowest BCUT2D eigenvalue weighted by atomic mass is 9.85. The molecule has 2 aromatic rings. The van der Waals surface area contributed by atoms with Crippen LogP contribution in [0, 0.1) is 11.7 Å². The molecule has 0 unspecified atom stereocenters. The molecule has 0 radical (unpaired) electrons. The second kappa shape index (κ2) is 7.71. The van der Waals surface area contributed by atoms with E-state index >= 15 is 0 Å². The van der Waals surface area contributed by atoms with Crippen LogP contribution in [0.2, 0.25) is 0 Å². The van der Waals surface area contributed by atoms with Crippen LogP contribution in [-0.2, 0) is 6.54 Å². The third kappa shape index (κ3) is 3.57. The van der Waals surface area contributed by atoms with Crippen LogP contribution in [0.5, 0.6) is 5.75 Å². The Morgan fingerprint density at radius 3 is 2.89 bits per heavy atom. The Morgan fingerprint density at radius 1 is 1.30 bits per heavy atom. The molecule has 1 aromatic heterocycles. The van der Waals surface area contributed by atoms with Gasteiger partial charge in [-0.2, -0.15) is 0 Å². The fourth-order valence-electron chi connectivity index (χ4n) is 4.20. The van der Waals surface area contributed by atoms with E-state index in [9.17, 15) is 9.18 Å². The molecule has 5 nitrogen and oxygen atoms in total. The predicted molar refractivity (Wildman–Crippen MR) is 100 cm³/mol. The van der Waals surface area contributed by atoms with Crippen molar-refractivity contribution in [3.05, 3.63) is 47.8 Å². The molecule has 2 aliphatic rings. The largest absolute Gasteiger partial charge is 0.496 e. The summed E-state index contributed by atoms with van der Waals surface area (Å²) in [6.45, 7) is 2.22. The number of halogens is 1. The van der Waals surface area contributed by atoms with E-state index in [1.54, 1.807) is 17.0 Å². The zero-order valence-corrected chi connectivity index (χ0v) is 15.7. The van der Waals surface area contributed by atoms with Gasteiger partial charge in [0.15, 0.2) is 0 Å². The zero-order valence-electron chi connectivity index (χ0n) is 15.7. The number of likely N-dealkylation sites (tertiary alicyclic amines) is 1. The smallest absolute Gasteiger partial charge is 0.260 e. The highest BCUT2D eigenvalue weighted by atomic mass is 19.1. The lowest BCUT2D eigenvalue weighted by Crippen LogP contribution is -2.40. The molecule has 0 N–H and O–H groups in total. The molecular weight excluding hydrogens is 345 g/mol. The Morgan fingerprint density at radius 2 is 2.15 bits per heavy atom. The highest BCUT2D eigenvalue weighted by molar-refractivity contribution is 5.97. The predicted octanol–water partition coefficient (Wildman–Crippen LogP) is 3.85. The van der Waals surface area contributed by atoms with Crippen molar-refractivity contribution < 1.29 is 13.9 Å². The average Bonchev–Trinajstić information content (AvgIpc) is 3.12. The molecule has 1 atom stereocenters. The molecular formula is C21H26FN3O2. The molecule has 1 amide bonds.